The van der Waals surface area contributed by atoms with Gasteiger partial charge in [0.05, 0.1) is 20.8 Å². The highest BCUT2D eigenvalue weighted by Crippen LogP contribution is 2.32. The summed E-state index contributed by atoms with van der Waals surface area (Å²) in [5.74, 6) is 0.493. The molecule has 1 aliphatic rings. The Morgan fingerprint density at radius 3 is 2.48 bits per heavy atom. The maximum absolute atomic E-state index is 13.7. The highest BCUT2D eigenvalue weighted by atomic mass is 32.2. The minimum atomic E-state index is -3.94. The topological polar surface area (TPSA) is 84.9 Å². The van der Waals surface area contributed by atoms with E-state index in [0.29, 0.717) is 11.4 Å². The minimum Gasteiger partial charge on any atom is -0.497 e. The lowest BCUT2D eigenvalue weighted by Gasteiger charge is -2.33. The van der Waals surface area contributed by atoms with Gasteiger partial charge in [-0.2, -0.15) is 4.31 Å². The Bertz CT molecular complexity index is 1020. The number of rotatable bonds is 8. The number of carbonyl (C=O) groups excluding carboxylic acids is 1. The Hall–Kier alpha value is -2.58. The van der Waals surface area contributed by atoms with E-state index in [1.165, 1.54) is 11.4 Å². The van der Waals surface area contributed by atoms with Crippen LogP contribution in [-0.2, 0) is 14.8 Å². The number of nitrogens with zero attached hydrogens (tertiary/aromatic N) is 1. The molecule has 2 aromatic rings. The molecule has 1 aliphatic carbocycles. The van der Waals surface area contributed by atoms with Gasteiger partial charge in [0.1, 0.15) is 16.4 Å². The quantitative estimate of drug-likeness (QED) is 0.663. The number of carbonyl (C=O) groups is 1. The van der Waals surface area contributed by atoms with Crippen LogP contribution in [-0.4, -0.2) is 45.4 Å². The molecule has 0 spiro atoms. The molecule has 31 heavy (non-hydrogen) atoms. The van der Waals surface area contributed by atoms with Crippen LogP contribution < -0.4 is 14.8 Å². The second-order valence-electron chi connectivity index (χ2n) is 7.78. The molecule has 0 radical (unpaired) electrons. The van der Waals surface area contributed by atoms with Gasteiger partial charge in [-0.15, -0.1) is 0 Å². The van der Waals surface area contributed by atoms with Gasteiger partial charge in [0, 0.05) is 17.8 Å². The summed E-state index contributed by atoms with van der Waals surface area (Å²) in [6, 6.07) is 11.8. The summed E-state index contributed by atoms with van der Waals surface area (Å²) in [7, 11) is -0.946. The highest BCUT2D eigenvalue weighted by Gasteiger charge is 2.35. The number of nitrogens with one attached hydrogen (secondary N) is 1. The number of amides is 1. The van der Waals surface area contributed by atoms with Gasteiger partial charge < -0.3 is 14.8 Å². The molecular weight excluding hydrogens is 416 g/mol. The van der Waals surface area contributed by atoms with E-state index < -0.39 is 15.9 Å². The molecule has 0 aromatic heterocycles. The third-order valence-electron chi connectivity index (χ3n) is 5.54. The fourth-order valence-corrected chi connectivity index (χ4v) is 5.82. The van der Waals surface area contributed by atoms with Gasteiger partial charge in [-0.05, 0) is 49.6 Å². The van der Waals surface area contributed by atoms with Crippen LogP contribution in [0.2, 0.25) is 0 Å². The molecule has 1 fully saturated rings. The molecule has 1 saturated carbocycles. The molecular formula is C23H30N2O5S. The van der Waals surface area contributed by atoms with E-state index in [0.717, 1.165) is 37.7 Å². The molecule has 8 heteroatoms. The molecule has 1 N–H and O–H groups in total. The third-order valence-corrected chi connectivity index (χ3v) is 7.46. The number of hydrogen-bond donors (Lipinski definition) is 1. The lowest BCUT2D eigenvalue weighted by Crippen LogP contribution is -2.45. The Morgan fingerprint density at radius 2 is 1.81 bits per heavy atom. The fraction of sp³-hybridized carbons (Fsp3) is 0.435. The molecule has 0 unspecified atom stereocenters. The van der Waals surface area contributed by atoms with Crippen molar-refractivity contribution in [2.24, 2.45) is 0 Å². The van der Waals surface area contributed by atoms with Crippen LogP contribution in [0.15, 0.2) is 47.4 Å². The Balaban J connectivity index is 1.91. The van der Waals surface area contributed by atoms with E-state index >= 15 is 0 Å². The maximum atomic E-state index is 13.7. The predicted octanol–water partition coefficient (Wildman–Crippen LogP) is 3.97. The summed E-state index contributed by atoms with van der Waals surface area (Å²) in [6.45, 7) is 1.57. The summed E-state index contributed by atoms with van der Waals surface area (Å²) in [5.41, 5.74) is 1.36. The molecule has 7 nitrogen and oxygen atoms in total. The minimum absolute atomic E-state index is 0.0924. The Labute approximate surface area is 184 Å². The lowest BCUT2D eigenvalue weighted by atomic mass is 9.95. The van der Waals surface area contributed by atoms with Crippen LogP contribution in [0.4, 0.5) is 5.69 Å². The van der Waals surface area contributed by atoms with Crippen LogP contribution in [0.1, 0.15) is 37.7 Å². The van der Waals surface area contributed by atoms with Gasteiger partial charge in [0.15, 0.2) is 0 Å². The van der Waals surface area contributed by atoms with E-state index in [4.69, 9.17) is 9.47 Å². The first-order valence-corrected chi connectivity index (χ1v) is 11.9. The number of methoxy groups -OCH3 is 2. The van der Waals surface area contributed by atoms with Gasteiger partial charge in [0.25, 0.3) is 0 Å². The van der Waals surface area contributed by atoms with Crippen molar-refractivity contribution in [1.82, 2.24) is 4.31 Å². The Morgan fingerprint density at radius 1 is 1.06 bits per heavy atom. The van der Waals surface area contributed by atoms with Crippen molar-refractivity contribution in [2.45, 2.75) is 50.0 Å². The van der Waals surface area contributed by atoms with Crippen LogP contribution >= 0.6 is 0 Å². The summed E-state index contributed by atoms with van der Waals surface area (Å²) in [6.07, 6.45) is 4.44. The van der Waals surface area contributed by atoms with Gasteiger partial charge >= 0.3 is 0 Å². The molecule has 0 saturated heterocycles. The summed E-state index contributed by atoms with van der Waals surface area (Å²) >= 11 is 0. The zero-order valence-corrected chi connectivity index (χ0v) is 19.1. The van der Waals surface area contributed by atoms with E-state index in [-0.39, 0.29) is 23.2 Å². The van der Waals surface area contributed by atoms with E-state index in [1.54, 1.807) is 49.6 Å². The van der Waals surface area contributed by atoms with Crippen molar-refractivity contribution < 1.29 is 22.7 Å². The van der Waals surface area contributed by atoms with Crippen molar-refractivity contribution in [2.75, 3.05) is 26.1 Å². The number of hydrogen-bond acceptors (Lipinski definition) is 5. The largest absolute Gasteiger partial charge is 0.497 e. The van der Waals surface area contributed by atoms with Crippen LogP contribution in [0.5, 0.6) is 11.5 Å². The SMILES string of the molecule is COc1cccc(NC(=O)CN(C2CCCCC2)S(=O)(=O)c2cc(C)ccc2OC)c1. The van der Waals surface area contributed by atoms with Crippen molar-refractivity contribution >= 4 is 21.6 Å². The second-order valence-corrected chi connectivity index (χ2v) is 9.64. The Kier molecular flexibility index (Phi) is 7.56. The molecule has 3 rings (SSSR count). The lowest BCUT2D eigenvalue weighted by molar-refractivity contribution is -0.116. The zero-order valence-electron chi connectivity index (χ0n) is 18.3. The van der Waals surface area contributed by atoms with E-state index in [9.17, 15) is 13.2 Å². The molecule has 168 valence electrons. The number of aryl methyl sites for hydroxylation is 1. The first-order valence-electron chi connectivity index (χ1n) is 10.5. The van der Waals surface area contributed by atoms with Crippen molar-refractivity contribution in [1.29, 1.82) is 0 Å². The average molecular weight is 447 g/mol. The van der Waals surface area contributed by atoms with Crippen molar-refractivity contribution in [3.63, 3.8) is 0 Å². The molecule has 2 aromatic carbocycles. The third kappa shape index (κ3) is 5.57. The summed E-state index contributed by atoms with van der Waals surface area (Å²) < 4.78 is 39.3. The van der Waals surface area contributed by atoms with Crippen LogP contribution in [0, 0.1) is 6.92 Å². The predicted molar refractivity (Wildman–Crippen MR) is 120 cm³/mol. The van der Waals surface area contributed by atoms with E-state index in [1.807, 2.05) is 6.92 Å². The normalized spacial score (nSPS) is 15.0. The monoisotopic (exact) mass is 446 g/mol. The summed E-state index contributed by atoms with van der Waals surface area (Å²) in [5, 5.41) is 2.79. The van der Waals surface area contributed by atoms with Gasteiger partial charge in [-0.25, -0.2) is 8.42 Å². The number of ether oxygens (including phenoxy) is 2. The van der Waals surface area contributed by atoms with Crippen molar-refractivity contribution in [3.8, 4) is 11.5 Å². The average Bonchev–Trinajstić information content (AvgIpc) is 2.78. The second kappa shape index (κ2) is 10.2. The molecule has 1 amide bonds. The van der Waals surface area contributed by atoms with Gasteiger partial charge in [-0.3, -0.25) is 4.79 Å². The smallest absolute Gasteiger partial charge is 0.247 e. The van der Waals surface area contributed by atoms with Crippen LogP contribution in [0.3, 0.4) is 0 Å². The fourth-order valence-electron chi connectivity index (χ4n) is 3.93. The molecule has 0 bridgehead atoms. The van der Waals surface area contributed by atoms with Gasteiger partial charge in [0.2, 0.25) is 15.9 Å². The molecule has 0 heterocycles. The first kappa shape index (κ1) is 23.1. The number of anilines is 1. The first-order chi connectivity index (χ1) is 14.8. The zero-order chi connectivity index (χ0) is 22.4. The van der Waals surface area contributed by atoms with E-state index in [2.05, 4.69) is 5.32 Å². The molecule has 0 aliphatic heterocycles. The van der Waals surface area contributed by atoms with Crippen molar-refractivity contribution in [3.05, 3.63) is 48.0 Å². The number of sulfonamides is 1. The standard InChI is InChI=1S/C23H30N2O5S/c1-17-12-13-21(30-3)22(14-17)31(27,28)25(19-9-5-4-6-10-19)16-23(26)24-18-8-7-11-20(15-18)29-2/h7-8,11-15,19H,4-6,9-10,16H2,1-3H3,(H,24,26). The van der Waals surface area contributed by atoms with Gasteiger partial charge in [-0.1, -0.05) is 31.4 Å². The molecule has 0 atom stereocenters. The van der Waals surface area contributed by atoms with Crippen LogP contribution in [0.25, 0.3) is 0 Å². The number of benzene rings is 2. The summed E-state index contributed by atoms with van der Waals surface area (Å²) in [4.78, 5) is 13.0. The maximum Gasteiger partial charge on any atom is 0.247 e. The highest BCUT2D eigenvalue weighted by molar-refractivity contribution is 7.89.